The normalized spacial score (nSPS) is 21.6. The van der Waals surface area contributed by atoms with Crippen LogP contribution in [0.1, 0.15) is 40.0 Å². The SMILES string of the molecule is CC(C)(C)CC(CC(=O)O)NC(=O)C1CCSC1. The van der Waals surface area contributed by atoms with Gasteiger partial charge in [0.2, 0.25) is 5.91 Å². The Morgan fingerprint density at radius 2 is 2.11 bits per heavy atom. The lowest BCUT2D eigenvalue weighted by molar-refractivity contribution is -0.138. The molecule has 5 heteroatoms. The first kappa shape index (κ1) is 15.3. The third kappa shape index (κ3) is 5.76. The van der Waals surface area contributed by atoms with Crippen molar-refractivity contribution in [3.63, 3.8) is 0 Å². The van der Waals surface area contributed by atoms with E-state index in [0.717, 1.165) is 17.9 Å². The van der Waals surface area contributed by atoms with E-state index in [9.17, 15) is 9.59 Å². The summed E-state index contributed by atoms with van der Waals surface area (Å²) in [4.78, 5) is 22.8. The smallest absolute Gasteiger partial charge is 0.305 e. The molecule has 1 aliphatic rings. The molecule has 18 heavy (non-hydrogen) atoms. The largest absolute Gasteiger partial charge is 0.481 e. The van der Waals surface area contributed by atoms with Gasteiger partial charge < -0.3 is 10.4 Å². The standard InChI is InChI=1S/C13H23NO3S/c1-13(2,3)7-10(6-11(15)16)14-12(17)9-4-5-18-8-9/h9-10H,4-8H2,1-3H3,(H,14,17)(H,15,16). The van der Waals surface area contributed by atoms with Gasteiger partial charge in [-0.3, -0.25) is 9.59 Å². The van der Waals surface area contributed by atoms with E-state index < -0.39 is 5.97 Å². The first-order chi connectivity index (χ1) is 8.28. The highest BCUT2D eigenvalue weighted by atomic mass is 32.2. The van der Waals surface area contributed by atoms with Crippen LogP contribution in [0.3, 0.4) is 0 Å². The molecule has 4 nitrogen and oxygen atoms in total. The second-order valence-corrected chi connectivity index (χ2v) is 7.28. The Morgan fingerprint density at radius 1 is 1.44 bits per heavy atom. The van der Waals surface area contributed by atoms with Crippen LogP contribution in [-0.2, 0) is 9.59 Å². The minimum Gasteiger partial charge on any atom is -0.481 e. The minimum absolute atomic E-state index is 0.00285. The Kier molecular flexibility index (Phi) is 5.50. The van der Waals surface area contributed by atoms with E-state index in [1.807, 2.05) is 0 Å². The molecule has 0 aromatic rings. The highest BCUT2D eigenvalue weighted by Gasteiger charge is 2.28. The quantitative estimate of drug-likeness (QED) is 0.805. The van der Waals surface area contributed by atoms with Crippen molar-refractivity contribution in [2.75, 3.05) is 11.5 Å². The third-order valence-corrected chi connectivity index (χ3v) is 4.09. The molecule has 0 radical (unpaired) electrons. The van der Waals surface area contributed by atoms with Crippen LogP contribution in [0.4, 0.5) is 0 Å². The molecule has 2 N–H and O–H groups in total. The number of carboxylic acid groups (broad SMARTS) is 1. The van der Waals surface area contributed by atoms with Gasteiger partial charge in [0, 0.05) is 17.7 Å². The van der Waals surface area contributed by atoms with Gasteiger partial charge in [-0.2, -0.15) is 11.8 Å². The fraction of sp³-hybridized carbons (Fsp3) is 0.846. The molecule has 1 saturated heterocycles. The number of amides is 1. The lowest BCUT2D eigenvalue weighted by atomic mass is 9.86. The van der Waals surface area contributed by atoms with Gasteiger partial charge in [0.1, 0.15) is 0 Å². The Labute approximate surface area is 113 Å². The number of carbonyl (C=O) groups is 2. The van der Waals surface area contributed by atoms with Crippen LogP contribution in [-0.4, -0.2) is 34.5 Å². The van der Waals surface area contributed by atoms with Gasteiger partial charge in [-0.25, -0.2) is 0 Å². The van der Waals surface area contributed by atoms with Gasteiger partial charge in [-0.15, -0.1) is 0 Å². The predicted molar refractivity (Wildman–Crippen MR) is 73.7 cm³/mol. The van der Waals surface area contributed by atoms with Crippen molar-refractivity contribution < 1.29 is 14.7 Å². The topological polar surface area (TPSA) is 66.4 Å². The second kappa shape index (κ2) is 6.45. The highest BCUT2D eigenvalue weighted by Crippen LogP contribution is 2.25. The van der Waals surface area contributed by atoms with E-state index in [4.69, 9.17) is 5.11 Å². The third-order valence-electron chi connectivity index (χ3n) is 2.93. The molecule has 0 aliphatic carbocycles. The molecule has 0 spiro atoms. The maximum Gasteiger partial charge on any atom is 0.305 e. The number of carbonyl (C=O) groups excluding carboxylic acids is 1. The average Bonchev–Trinajstić information content (AvgIpc) is 2.65. The monoisotopic (exact) mass is 273 g/mol. The molecular formula is C13H23NO3S. The second-order valence-electron chi connectivity index (χ2n) is 6.13. The zero-order valence-corrected chi connectivity index (χ0v) is 12.2. The molecule has 1 amide bonds. The van der Waals surface area contributed by atoms with Crippen molar-refractivity contribution in [1.82, 2.24) is 5.32 Å². The number of rotatable bonds is 5. The number of hydrogen-bond acceptors (Lipinski definition) is 3. The molecule has 1 fully saturated rings. The lowest BCUT2D eigenvalue weighted by Crippen LogP contribution is -2.42. The first-order valence-corrected chi connectivity index (χ1v) is 7.53. The number of nitrogens with one attached hydrogen (secondary N) is 1. The molecule has 2 unspecified atom stereocenters. The van der Waals surface area contributed by atoms with Crippen LogP contribution < -0.4 is 5.32 Å². The molecule has 0 bridgehead atoms. The van der Waals surface area contributed by atoms with Crippen molar-refractivity contribution in [3.8, 4) is 0 Å². The van der Waals surface area contributed by atoms with Gasteiger partial charge in [0.05, 0.1) is 6.42 Å². The zero-order valence-electron chi connectivity index (χ0n) is 11.4. The van der Waals surface area contributed by atoms with Crippen molar-refractivity contribution in [2.24, 2.45) is 11.3 Å². The van der Waals surface area contributed by atoms with Gasteiger partial charge in [0.15, 0.2) is 0 Å². The van der Waals surface area contributed by atoms with Gasteiger partial charge in [-0.1, -0.05) is 20.8 Å². The molecule has 1 aliphatic heterocycles. The molecule has 1 heterocycles. The van der Waals surface area contributed by atoms with Crippen molar-refractivity contribution in [3.05, 3.63) is 0 Å². The fourth-order valence-electron chi connectivity index (χ4n) is 2.18. The van der Waals surface area contributed by atoms with E-state index in [-0.39, 0.29) is 29.7 Å². The summed E-state index contributed by atoms with van der Waals surface area (Å²) in [5.74, 6) is 1.12. The van der Waals surface area contributed by atoms with Crippen LogP contribution in [0.25, 0.3) is 0 Å². The predicted octanol–water partition coefficient (Wildman–Crippen LogP) is 2.14. The summed E-state index contributed by atoms with van der Waals surface area (Å²) in [6, 6.07) is -0.263. The molecule has 0 aromatic heterocycles. The van der Waals surface area contributed by atoms with Gasteiger partial charge in [0.25, 0.3) is 0 Å². The van der Waals surface area contributed by atoms with E-state index in [2.05, 4.69) is 26.1 Å². The van der Waals surface area contributed by atoms with E-state index in [1.54, 1.807) is 11.8 Å². The molecule has 0 aromatic carbocycles. The van der Waals surface area contributed by atoms with Crippen LogP contribution >= 0.6 is 11.8 Å². The van der Waals surface area contributed by atoms with Crippen molar-refractivity contribution >= 4 is 23.6 Å². The van der Waals surface area contributed by atoms with Crippen LogP contribution in [0, 0.1) is 11.3 Å². The Balaban J connectivity index is 2.53. The summed E-state index contributed by atoms with van der Waals surface area (Å²) in [7, 11) is 0. The molecule has 2 atom stereocenters. The van der Waals surface area contributed by atoms with Crippen LogP contribution in [0.2, 0.25) is 0 Å². The maximum atomic E-state index is 12.0. The lowest BCUT2D eigenvalue weighted by Gasteiger charge is -2.26. The Hall–Kier alpha value is -0.710. The number of carboxylic acids is 1. The first-order valence-electron chi connectivity index (χ1n) is 6.38. The van der Waals surface area contributed by atoms with Crippen LogP contribution in [0.5, 0.6) is 0 Å². The van der Waals surface area contributed by atoms with E-state index in [1.165, 1.54) is 0 Å². The minimum atomic E-state index is -0.856. The van der Waals surface area contributed by atoms with Crippen molar-refractivity contribution in [2.45, 2.75) is 46.1 Å². The van der Waals surface area contributed by atoms with E-state index in [0.29, 0.717) is 6.42 Å². The zero-order chi connectivity index (χ0) is 13.8. The average molecular weight is 273 g/mol. The molecular weight excluding hydrogens is 250 g/mol. The van der Waals surface area contributed by atoms with Gasteiger partial charge >= 0.3 is 5.97 Å². The number of hydrogen-bond donors (Lipinski definition) is 2. The number of thioether (sulfide) groups is 1. The number of aliphatic carboxylic acids is 1. The molecule has 1 rings (SSSR count). The Morgan fingerprint density at radius 3 is 2.56 bits per heavy atom. The summed E-state index contributed by atoms with van der Waals surface area (Å²) in [6.45, 7) is 6.16. The maximum absolute atomic E-state index is 12.0. The Bertz CT molecular complexity index is 306. The molecule has 104 valence electrons. The van der Waals surface area contributed by atoms with Gasteiger partial charge in [-0.05, 0) is 24.0 Å². The fourth-order valence-corrected chi connectivity index (χ4v) is 3.40. The molecule has 0 saturated carbocycles. The van der Waals surface area contributed by atoms with E-state index >= 15 is 0 Å². The van der Waals surface area contributed by atoms with Crippen LogP contribution in [0.15, 0.2) is 0 Å². The summed E-state index contributed by atoms with van der Waals surface area (Å²) in [6.07, 6.45) is 1.60. The summed E-state index contributed by atoms with van der Waals surface area (Å²) < 4.78 is 0. The summed E-state index contributed by atoms with van der Waals surface area (Å²) in [5, 5.41) is 11.8. The summed E-state index contributed by atoms with van der Waals surface area (Å²) in [5.41, 5.74) is 0.0117. The summed E-state index contributed by atoms with van der Waals surface area (Å²) >= 11 is 1.79. The van der Waals surface area contributed by atoms with Crippen molar-refractivity contribution in [1.29, 1.82) is 0 Å². The highest BCUT2D eigenvalue weighted by molar-refractivity contribution is 7.99.